The Kier molecular flexibility index (Phi) is 6.62. The van der Waals surface area contributed by atoms with E-state index in [4.69, 9.17) is 0 Å². The molecule has 1 N–H and O–H groups in total. The summed E-state index contributed by atoms with van der Waals surface area (Å²) in [6.45, 7) is 5.88. The Hall–Kier alpha value is -2.18. The van der Waals surface area contributed by atoms with Crippen LogP contribution in [0.5, 0.6) is 0 Å². The number of para-hydroxylation sites is 1. The Morgan fingerprint density at radius 1 is 1.00 bits per heavy atom. The first-order valence-corrected chi connectivity index (χ1v) is 11.7. The average molecular weight is 411 g/mol. The summed E-state index contributed by atoms with van der Waals surface area (Å²) in [5.41, 5.74) is 2.18. The summed E-state index contributed by atoms with van der Waals surface area (Å²) in [6.07, 6.45) is 4.30. The third-order valence-corrected chi connectivity index (χ3v) is 6.68. The Bertz CT molecular complexity index is 808. The lowest BCUT2D eigenvalue weighted by molar-refractivity contribution is 0.108. The zero-order valence-corrected chi connectivity index (χ0v) is 17.9. The fraction of sp³-hybridized carbons (Fsp3) is 0.435. The lowest BCUT2D eigenvalue weighted by Gasteiger charge is -2.43. The van der Waals surface area contributed by atoms with Crippen LogP contribution in [0.4, 0.5) is 16.2 Å². The van der Waals surface area contributed by atoms with Crippen LogP contribution in [-0.4, -0.2) is 67.4 Å². The van der Waals surface area contributed by atoms with E-state index in [1.54, 1.807) is 11.8 Å². The van der Waals surface area contributed by atoms with Crippen LogP contribution in [-0.2, 0) is 0 Å². The molecule has 0 unspecified atom stereocenters. The van der Waals surface area contributed by atoms with Crippen LogP contribution in [0.1, 0.15) is 12.8 Å². The van der Waals surface area contributed by atoms with Gasteiger partial charge in [0.2, 0.25) is 0 Å². The monoisotopic (exact) mass is 410 g/mol. The van der Waals surface area contributed by atoms with Crippen molar-refractivity contribution in [2.45, 2.75) is 23.8 Å². The van der Waals surface area contributed by atoms with Gasteiger partial charge in [0.05, 0.1) is 0 Å². The normalized spacial score (nSPS) is 20.5. The van der Waals surface area contributed by atoms with Crippen LogP contribution >= 0.6 is 11.8 Å². The predicted octanol–water partition coefficient (Wildman–Crippen LogP) is 4.23. The first-order chi connectivity index (χ1) is 14.2. The third kappa shape index (κ3) is 5.06. The number of rotatable bonds is 4. The van der Waals surface area contributed by atoms with Crippen molar-refractivity contribution in [2.24, 2.45) is 0 Å². The number of nitrogens with one attached hydrogen (secondary N) is 1. The lowest BCUT2D eigenvalue weighted by atomic mass is 10.0. The van der Waals surface area contributed by atoms with Crippen LogP contribution in [0.25, 0.3) is 0 Å². The van der Waals surface area contributed by atoms with Gasteiger partial charge >= 0.3 is 6.03 Å². The van der Waals surface area contributed by atoms with Crippen LogP contribution in [0.2, 0.25) is 0 Å². The molecule has 2 saturated heterocycles. The van der Waals surface area contributed by atoms with Crippen molar-refractivity contribution < 1.29 is 4.79 Å². The number of anilines is 2. The average Bonchev–Trinajstić information content (AvgIpc) is 2.80. The molecule has 2 heterocycles. The second kappa shape index (κ2) is 9.55. The van der Waals surface area contributed by atoms with Gasteiger partial charge < -0.3 is 15.1 Å². The van der Waals surface area contributed by atoms with E-state index in [-0.39, 0.29) is 6.03 Å². The van der Waals surface area contributed by atoms with Crippen molar-refractivity contribution in [1.82, 2.24) is 9.80 Å². The number of amides is 2. The number of piperidine rings is 1. The minimum Gasteiger partial charge on any atom is -0.369 e. The number of carbonyl (C=O) groups excluding carboxylic acids is 1. The fourth-order valence-corrected chi connectivity index (χ4v) is 4.78. The SMILES string of the molecule is CSc1cccc(NC(=O)N2CCC[C@H](N3CCN(c4ccccc4)CC3)C2)c1. The summed E-state index contributed by atoms with van der Waals surface area (Å²) in [4.78, 5) is 21.0. The Labute approximate surface area is 178 Å². The van der Waals surface area contributed by atoms with Crippen molar-refractivity contribution in [1.29, 1.82) is 0 Å². The zero-order chi connectivity index (χ0) is 20.1. The van der Waals surface area contributed by atoms with E-state index < -0.39 is 0 Å². The highest BCUT2D eigenvalue weighted by Crippen LogP contribution is 2.23. The molecule has 2 amide bonds. The van der Waals surface area contributed by atoms with Crippen LogP contribution in [0, 0.1) is 0 Å². The smallest absolute Gasteiger partial charge is 0.321 e. The first kappa shape index (κ1) is 20.1. The Balaban J connectivity index is 1.31. The maximum absolute atomic E-state index is 12.8. The standard InChI is InChI=1S/C23H30N4OS/c1-29-22-11-5-7-19(17-22)24-23(28)27-12-6-10-21(18-27)26-15-13-25(14-16-26)20-8-3-2-4-9-20/h2-5,7-9,11,17,21H,6,10,12-16,18H2,1H3,(H,24,28)/t21-/m0/s1. The molecular weight excluding hydrogens is 380 g/mol. The van der Waals surface area contributed by atoms with Crippen molar-refractivity contribution in [3.63, 3.8) is 0 Å². The number of piperazine rings is 1. The van der Waals surface area contributed by atoms with E-state index >= 15 is 0 Å². The van der Waals surface area contributed by atoms with Gasteiger partial charge in [0, 0.05) is 61.6 Å². The Morgan fingerprint density at radius 3 is 2.55 bits per heavy atom. The highest BCUT2D eigenvalue weighted by atomic mass is 32.2. The molecule has 0 bridgehead atoms. The lowest BCUT2D eigenvalue weighted by Crippen LogP contribution is -2.56. The van der Waals surface area contributed by atoms with E-state index in [1.165, 1.54) is 12.1 Å². The maximum Gasteiger partial charge on any atom is 0.321 e. The molecule has 2 fully saturated rings. The quantitative estimate of drug-likeness (QED) is 0.766. The van der Waals surface area contributed by atoms with Crippen molar-refractivity contribution in [3.05, 3.63) is 54.6 Å². The van der Waals surface area contributed by atoms with Gasteiger partial charge in [-0.15, -0.1) is 11.8 Å². The number of hydrogen-bond donors (Lipinski definition) is 1. The second-order valence-electron chi connectivity index (χ2n) is 7.76. The molecule has 2 aromatic rings. The van der Waals surface area contributed by atoms with Crippen LogP contribution < -0.4 is 10.2 Å². The summed E-state index contributed by atoms with van der Waals surface area (Å²) >= 11 is 1.69. The van der Waals surface area contributed by atoms with Gasteiger partial charge in [-0.05, 0) is 49.4 Å². The molecule has 0 aliphatic carbocycles. The number of carbonyl (C=O) groups is 1. The topological polar surface area (TPSA) is 38.8 Å². The predicted molar refractivity (Wildman–Crippen MR) is 122 cm³/mol. The van der Waals surface area contributed by atoms with E-state index in [1.807, 2.05) is 29.4 Å². The third-order valence-electron chi connectivity index (χ3n) is 5.96. The molecule has 4 rings (SSSR count). The largest absolute Gasteiger partial charge is 0.369 e. The molecule has 1 atom stereocenters. The summed E-state index contributed by atoms with van der Waals surface area (Å²) in [5.74, 6) is 0. The molecule has 154 valence electrons. The molecule has 29 heavy (non-hydrogen) atoms. The highest BCUT2D eigenvalue weighted by Gasteiger charge is 2.30. The van der Waals surface area contributed by atoms with Gasteiger partial charge in [0.15, 0.2) is 0 Å². The summed E-state index contributed by atoms with van der Waals surface area (Å²) < 4.78 is 0. The van der Waals surface area contributed by atoms with E-state index in [9.17, 15) is 4.79 Å². The molecule has 6 heteroatoms. The Morgan fingerprint density at radius 2 is 1.79 bits per heavy atom. The number of urea groups is 1. The van der Waals surface area contributed by atoms with Gasteiger partial charge in [-0.2, -0.15) is 0 Å². The molecule has 2 aliphatic rings. The van der Waals surface area contributed by atoms with Gasteiger partial charge in [-0.3, -0.25) is 4.90 Å². The van der Waals surface area contributed by atoms with Gasteiger partial charge in [0.25, 0.3) is 0 Å². The van der Waals surface area contributed by atoms with Crippen LogP contribution in [0.3, 0.4) is 0 Å². The molecule has 5 nitrogen and oxygen atoms in total. The molecule has 2 aromatic carbocycles. The maximum atomic E-state index is 12.8. The van der Waals surface area contributed by atoms with Gasteiger partial charge in [-0.25, -0.2) is 4.79 Å². The number of nitrogens with zero attached hydrogens (tertiary/aromatic N) is 3. The van der Waals surface area contributed by atoms with E-state index in [2.05, 4.69) is 51.5 Å². The van der Waals surface area contributed by atoms with Crippen molar-refractivity contribution in [2.75, 3.05) is 55.7 Å². The summed E-state index contributed by atoms with van der Waals surface area (Å²) in [7, 11) is 0. The van der Waals surface area contributed by atoms with E-state index in [0.717, 1.165) is 56.3 Å². The van der Waals surface area contributed by atoms with Gasteiger partial charge in [-0.1, -0.05) is 24.3 Å². The second-order valence-corrected chi connectivity index (χ2v) is 8.64. The molecule has 2 aliphatic heterocycles. The summed E-state index contributed by atoms with van der Waals surface area (Å²) in [5, 5.41) is 3.09. The minimum atomic E-state index is 0.0240. The highest BCUT2D eigenvalue weighted by molar-refractivity contribution is 7.98. The fourth-order valence-electron chi connectivity index (χ4n) is 4.32. The van der Waals surface area contributed by atoms with E-state index in [0.29, 0.717) is 6.04 Å². The number of likely N-dealkylation sites (tertiary alicyclic amines) is 1. The minimum absolute atomic E-state index is 0.0240. The molecule has 0 aromatic heterocycles. The summed E-state index contributed by atoms with van der Waals surface area (Å²) in [6, 6.07) is 19.2. The molecular formula is C23H30N4OS. The first-order valence-electron chi connectivity index (χ1n) is 10.5. The van der Waals surface area contributed by atoms with Crippen molar-refractivity contribution in [3.8, 4) is 0 Å². The number of benzene rings is 2. The van der Waals surface area contributed by atoms with Gasteiger partial charge in [0.1, 0.15) is 0 Å². The number of hydrogen-bond acceptors (Lipinski definition) is 4. The van der Waals surface area contributed by atoms with Crippen LogP contribution in [0.15, 0.2) is 59.5 Å². The zero-order valence-electron chi connectivity index (χ0n) is 17.1. The molecule has 0 saturated carbocycles. The van der Waals surface area contributed by atoms with Crippen molar-refractivity contribution >= 4 is 29.2 Å². The molecule has 0 spiro atoms. The molecule has 0 radical (unpaired) electrons. The number of thioether (sulfide) groups is 1.